The topological polar surface area (TPSA) is 72.2 Å². The fourth-order valence-electron chi connectivity index (χ4n) is 1.23. The van der Waals surface area contributed by atoms with Crippen LogP contribution < -0.4 is 11.1 Å². The van der Waals surface area contributed by atoms with Crippen LogP contribution in [0.15, 0.2) is 30.3 Å². The summed E-state index contributed by atoms with van der Waals surface area (Å²) in [6, 6.07) is 8.66. The van der Waals surface area contributed by atoms with Crippen molar-refractivity contribution in [3.8, 4) is 0 Å². The van der Waals surface area contributed by atoms with Gasteiger partial charge < -0.3 is 5.73 Å². The molecule has 1 aromatic carbocycles. The predicted molar refractivity (Wildman–Crippen MR) is 74.5 cm³/mol. The van der Waals surface area contributed by atoms with E-state index in [-0.39, 0.29) is 23.1 Å². The van der Waals surface area contributed by atoms with E-state index in [0.717, 1.165) is 0 Å². The van der Waals surface area contributed by atoms with Crippen LogP contribution in [0, 0.1) is 0 Å². The van der Waals surface area contributed by atoms with Gasteiger partial charge in [-0.15, -0.1) is 0 Å². The molecule has 2 amide bonds. The largest absolute Gasteiger partial charge is 0.325 e. The molecule has 0 saturated carbocycles. The standard InChI is InChI=1S/C13H18N2O2S/c1-13(2,14)9-18-8-11(16)15-12(17)10-6-4-3-5-7-10/h3-7H,8-9,14H2,1-2H3,(H,15,16,17). The normalized spacial score (nSPS) is 11.1. The van der Waals surface area contributed by atoms with E-state index in [1.807, 2.05) is 19.9 Å². The first-order valence-electron chi connectivity index (χ1n) is 5.64. The van der Waals surface area contributed by atoms with Crippen LogP contribution in [0.4, 0.5) is 0 Å². The van der Waals surface area contributed by atoms with E-state index < -0.39 is 0 Å². The van der Waals surface area contributed by atoms with E-state index in [1.165, 1.54) is 11.8 Å². The lowest BCUT2D eigenvalue weighted by Crippen LogP contribution is -2.36. The van der Waals surface area contributed by atoms with Crippen LogP contribution in [-0.4, -0.2) is 28.9 Å². The smallest absolute Gasteiger partial charge is 0.257 e. The molecule has 0 saturated heterocycles. The van der Waals surface area contributed by atoms with Gasteiger partial charge in [-0.1, -0.05) is 18.2 Å². The molecule has 0 bridgehead atoms. The van der Waals surface area contributed by atoms with Gasteiger partial charge in [-0.25, -0.2) is 0 Å². The highest BCUT2D eigenvalue weighted by Gasteiger charge is 2.13. The van der Waals surface area contributed by atoms with Crippen molar-refractivity contribution in [2.24, 2.45) is 5.73 Å². The molecular weight excluding hydrogens is 248 g/mol. The Kier molecular flexibility index (Phi) is 5.37. The molecule has 1 aromatic rings. The Labute approximate surface area is 111 Å². The second-order valence-corrected chi connectivity index (χ2v) is 5.71. The quantitative estimate of drug-likeness (QED) is 0.845. The van der Waals surface area contributed by atoms with Crippen LogP contribution in [0.3, 0.4) is 0 Å². The number of carbonyl (C=O) groups excluding carboxylic acids is 2. The Morgan fingerprint density at radius 2 is 1.89 bits per heavy atom. The maximum atomic E-state index is 11.6. The number of amides is 2. The number of imide groups is 1. The van der Waals surface area contributed by atoms with Crippen molar-refractivity contribution in [2.75, 3.05) is 11.5 Å². The van der Waals surface area contributed by atoms with Gasteiger partial charge in [0.25, 0.3) is 5.91 Å². The zero-order chi connectivity index (χ0) is 13.6. The first-order chi connectivity index (χ1) is 8.38. The molecule has 0 atom stereocenters. The minimum Gasteiger partial charge on any atom is -0.325 e. The van der Waals surface area contributed by atoms with Gasteiger partial charge in [-0.05, 0) is 26.0 Å². The van der Waals surface area contributed by atoms with Crippen molar-refractivity contribution < 1.29 is 9.59 Å². The summed E-state index contributed by atoms with van der Waals surface area (Å²) in [5, 5.41) is 2.34. The maximum Gasteiger partial charge on any atom is 0.257 e. The predicted octanol–water partition coefficient (Wildman–Crippen LogP) is 1.41. The van der Waals surface area contributed by atoms with Gasteiger partial charge >= 0.3 is 0 Å². The summed E-state index contributed by atoms with van der Waals surface area (Å²) in [6.07, 6.45) is 0. The number of carbonyl (C=O) groups is 2. The van der Waals surface area contributed by atoms with Crippen LogP contribution in [0.5, 0.6) is 0 Å². The lowest BCUT2D eigenvalue weighted by Gasteiger charge is -2.17. The van der Waals surface area contributed by atoms with E-state index in [4.69, 9.17) is 5.73 Å². The third-order valence-corrected chi connectivity index (χ3v) is 3.41. The molecular formula is C13H18N2O2S. The van der Waals surface area contributed by atoms with Crippen LogP contribution in [0.2, 0.25) is 0 Å². The molecule has 0 aromatic heterocycles. The summed E-state index contributed by atoms with van der Waals surface area (Å²) >= 11 is 1.42. The van der Waals surface area contributed by atoms with Gasteiger partial charge in [0.2, 0.25) is 5.91 Å². The first kappa shape index (κ1) is 14.7. The molecule has 0 aliphatic rings. The molecule has 3 N–H and O–H groups in total. The summed E-state index contributed by atoms with van der Waals surface area (Å²) in [4.78, 5) is 23.2. The van der Waals surface area contributed by atoms with Crippen LogP contribution in [0.1, 0.15) is 24.2 Å². The van der Waals surface area contributed by atoms with E-state index >= 15 is 0 Å². The second-order valence-electron chi connectivity index (χ2n) is 4.72. The van der Waals surface area contributed by atoms with Gasteiger partial charge in [-0.3, -0.25) is 14.9 Å². The molecule has 4 nitrogen and oxygen atoms in total. The SMILES string of the molecule is CC(C)(N)CSCC(=O)NC(=O)c1ccccc1. The molecule has 0 aliphatic heterocycles. The summed E-state index contributed by atoms with van der Waals surface area (Å²) in [5.74, 6) is 0.241. The second kappa shape index (κ2) is 6.56. The Bertz CT molecular complexity index is 413. The summed E-state index contributed by atoms with van der Waals surface area (Å²) in [6.45, 7) is 3.79. The fourth-order valence-corrected chi connectivity index (χ4v) is 2.12. The molecule has 0 heterocycles. The van der Waals surface area contributed by atoms with Gasteiger partial charge in [0.1, 0.15) is 0 Å². The Morgan fingerprint density at radius 1 is 1.28 bits per heavy atom. The summed E-state index contributed by atoms with van der Waals surface area (Å²) in [7, 11) is 0. The lowest BCUT2D eigenvalue weighted by molar-refractivity contribution is -0.117. The summed E-state index contributed by atoms with van der Waals surface area (Å²) in [5.41, 5.74) is 5.96. The highest BCUT2D eigenvalue weighted by Crippen LogP contribution is 2.09. The number of nitrogens with one attached hydrogen (secondary N) is 1. The maximum absolute atomic E-state index is 11.6. The monoisotopic (exact) mass is 266 g/mol. The number of hydrogen-bond acceptors (Lipinski definition) is 4. The lowest BCUT2D eigenvalue weighted by atomic mass is 10.1. The average Bonchev–Trinajstić information content (AvgIpc) is 2.28. The summed E-state index contributed by atoms with van der Waals surface area (Å²) < 4.78 is 0. The molecule has 0 radical (unpaired) electrons. The van der Waals surface area contributed by atoms with E-state index in [9.17, 15) is 9.59 Å². The third-order valence-electron chi connectivity index (χ3n) is 2.00. The molecule has 0 unspecified atom stereocenters. The Hall–Kier alpha value is -1.33. The van der Waals surface area contributed by atoms with Gasteiger partial charge in [0.15, 0.2) is 0 Å². The molecule has 0 spiro atoms. The zero-order valence-corrected chi connectivity index (χ0v) is 11.4. The molecule has 5 heteroatoms. The zero-order valence-electron chi connectivity index (χ0n) is 10.6. The van der Waals surface area contributed by atoms with Crippen molar-refractivity contribution in [1.82, 2.24) is 5.32 Å². The average molecular weight is 266 g/mol. The van der Waals surface area contributed by atoms with Crippen LogP contribution in [-0.2, 0) is 4.79 Å². The van der Waals surface area contributed by atoms with Crippen molar-refractivity contribution >= 4 is 23.6 Å². The highest BCUT2D eigenvalue weighted by atomic mass is 32.2. The highest BCUT2D eigenvalue weighted by molar-refractivity contribution is 8.00. The minimum atomic E-state index is -0.367. The molecule has 1 rings (SSSR count). The Balaban J connectivity index is 2.35. The minimum absolute atomic E-state index is 0.235. The first-order valence-corrected chi connectivity index (χ1v) is 6.80. The number of rotatable bonds is 5. The number of nitrogens with two attached hydrogens (primary N) is 1. The van der Waals surface area contributed by atoms with Crippen molar-refractivity contribution in [3.63, 3.8) is 0 Å². The van der Waals surface area contributed by atoms with Crippen LogP contribution >= 0.6 is 11.8 Å². The van der Waals surface area contributed by atoms with E-state index in [0.29, 0.717) is 11.3 Å². The fraction of sp³-hybridized carbons (Fsp3) is 0.385. The van der Waals surface area contributed by atoms with Crippen molar-refractivity contribution in [2.45, 2.75) is 19.4 Å². The molecule has 0 aliphatic carbocycles. The van der Waals surface area contributed by atoms with Crippen LogP contribution in [0.25, 0.3) is 0 Å². The van der Waals surface area contributed by atoms with Crippen molar-refractivity contribution in [3.05, 3.63) is 35.9 Å². The number of hydrogen-bond donors (Lipinski definition) is 2. The molecule has 0 fully saturated rings. The molecule has 18 heavy (non-hydrogen) atoms. The van der Waals surface area contributed by atoms with E-state index in [1.54, 1.807) is 24.3 Å². The van der Waals surface area contributed by atoms with Gasteiger partial charge in [0, 0.05) is 16.9 Å². The van der Waals surface area contributed by atoms with Gasteiger partial charge in [0.05, 0.1) is 5.75 Å². The van der Waals surface area contributed by atoms with Crippen molar-refractivity contribution in [1.29, 1.82) is 0 Å². The third kappa shape index (κ3) is 5.84. The van der Waals surface area contributed by atoms with E-state index in [2.05, 4.69) is 5.32 Å². The van der Waals surface area contributed by atoms with Gasteiger partial charge in [-0.2, -0.15) is 11.8 Å². The number of benzene rings is 1. The number of thioether (sulfide) groups is 1. The molecule has 98 valence electrons. The Morgan fingerprint density at radius 3 is 2.44 bits per heavy atom.